The van der Waals surface area contributed by atoms with E-state index < -0.39 is 10.8 Å². The fourth-order valence-corrected chi connectivity index (χ4v) is 2.67. The molecule has 0 aliphatic heterocycles. The second-order valence-corrected chi connectivity index (χ2v) is 5.88. The Bertz CT molecular complexity index is 774. The molecule has 0 saturated carbocycles. The van der Waals surface area contributed by atoms with Gasteiger partial charge in [0.15, 0.2) is 0 Å². The van der Waals surface area contributed by atoms with Gasteiger partial charge in [-0.25, -0.2) is 0 Å². The lowest BCUT2D eigenvalue weighted by Crippen LogP contribution is -2.27. The minimum absolute atomic E-state index is 0.0949. The average molecular weight is 333 g/mol. The van der Waals surface area contributed by atoms with E-state index >= 15 is 0 Å². The highest BCUT2D eigenvalue weighted by molar-refractivity contribution is 6.33. The molecule has 0 heterocycles. The Labute approximate surface area is 139 Å². The van der Waals surface area contributed by atoms with Crippen LogP contribution < -0.4 is 5.32 Å². The van der Waals surface area contributed by atoms with Crippen LogP contribution in [0.15, 0.2) is 36.4 Å². The largest absolute Gasteiger partial charge is 0.345 e. The van der Waals surface area contributed by atoms with Gasteiger partial charge in [-0.15, -0.1) is 0 Å². The van der Waals surface area contributed by atoms with Crippen LogP contribution in [0.25, 0.3) is 0 Å². The number of rotatable bonds is 4. The summed E-state index contributed by atoms with van der Waals surface area (Å²) in [7, 11) is 0. The summed E-state index contributed by atoms with van der Waals surface area (Å²) >= 11 is 5.99. The highest BCUT2D eigenvalue weighted by Crippen LogP contribution is 2.24. The molecular weight excluding hydrogens is 316 g/mol. The first-order chi connectivity index (χ1) is 10.8. The van der Waals surface area contributed by atoms with E-state index in [1.54, 1.807) is 0 Å². The molecule has 6 heteroatoms. The standard InChI is InChI=1S/C17H17ClN2O3/c1-10-4-6-14(11(2)8-10)12(3)19-17(21)15-9-13(20(22)23)5-7-16(15)18/h4-9,12H,1-3H3,(H,19,21)/t12-/m1/s1. The lowest BCUT2D eigenvalue weighted by molar-refractivity contribution is -0.384. The molecule has 2 rings (SSSR count). The van der Waals surface area contributed by atoms with Crippen molar-refractivity contribution in [3.63, 3.8) is 0 Å². The second kappa shape index (κ2) is 6.79. The monoisotopic (exact) mass is 332 g/mol. The van der Waals surface area contributed by atoms with E-state index in [1.165, 1.54) is 18.2 Å². The van der Waals surface area contributed by atoms with Crippen LogP contribution in [0.3, 0.4) is 0 Å². The Morgan fingerprint density at radius 3 is 2.52 bits per heavy atom. The van der Waals surface area contributed by atoms with Gasteiger partial charge in [-0.2, -0.15) is 0 Å². The SMILES string of the molecule is Cc1ccc([C@@H](C)NC(=O)c2cc([N+](=O)[O-])ccc2Cl)c(C)c1. The van der Waals surface area contributed by atoms with Gasteiger partial charge in [0.1, 0.15) is 0 Å². The number of carbonyl (C=O) groups is 1. The van der Waals surface area contributed by atoms with Crippen LogP contribution >= 0.6 is 11.6 Å². The molecule has 0 aliphatic carbocycles. The summed E-state index contributed by atoms with van der Waals surface area (Å²) in [6.07, 6.45) is 0. The Balaban J connectivity index is 2.24. The number of nitrogens with zero attached hydrogens (tertiary/aromatic N) is 1. The zero-order valence-corrected chi connectivity index (χ0v) is 13.8. The molecule has 2 aromatic carbocycles. The van der Waals surface area contributed by atoms with Gasteiger partial charge in [0.05, 0.1) is 21.6 Å². The molecule has 1 amide bonds. The fourth-order valence-electron chi connectivity index (χ4n) is 2.46. The molecule has 0 spiro atoms. The molecule has 23 heavy (non-hydrogen) atoms. The van der Waals surface area contributed by atoms with Crippen molar-refractivity contribution < 1.29 is 9.72 Å². The Morgan fingerprint density at radius 1 is 1.22 bits per heavy atom. The number of halogens is 1. The molecular formula is C17H17ClN2O3. The van der Waals surface area contributed by atoms with Crippen molar-refractivity contribution in [3.05, 3.63) is 73.8 Å². The van der Waals surface area contributed by atoms with E-state index in [1.807, 2.05) is 39.0 Å². The molecule has 1 atom stereocenters. The van der Waals surface area contributed by atoms with Crippen LogP contribution in [0.4, 0.5) is 5.69 Å². The first-order valence-electron chi connectivity index (χ1n) is 7.11. The van der Waals surface area contributed by atoms with Crippen molar-refractivity contribution in [2.24, 2.45) is 0 Å². The van der Waals surface area contributed by atoms with Crippen LogP contribution in [0.5, 0.6) is 0 Å². The topological polar surface area (TPSA) is 72.2 Å². The Hall–Kier alpha value is -2.40. The van der Waals surface area contributed by atoms with Crippen LogP contribution in [0.1, 0.15) is 40.0 Å². The minimum Gasteiger partial charge on any atom is -0.345 e. The predicted octanol–water partition coefficient (Wildman–Crippen LogP) is 4.36. The Morgan fingerprint density at radius 2 is 1.91 bits per heavy atom. The van der Waals surface area contributed by atoms with Gasteiger partial charge < -0.3 is 5.32 Å². The van der Waals surface area contributed by atoms with Crippen molar-refractivity contribution >= 4 is 23.2 Å². The summed E-state index contributed by atoms with van der Waals surface area (Å²) in [4.78, 5) is 22.7. The van der Waals surface area contributed by atoms with Gasteiger partial charge in [0.25, 0.3) is 11.6 Å². The Kier molecular flexibility index (Phi) is 5.01. The van der Waals surface area contributed by atoms with Gasteiger partial charge >= 0.3 is 0 Å². The molecule has 2 aromatic rings. The van der Waals surface area contributed by atoms with Crippen LogP contribution in [-0.4, -0.2) is 10.8 Å². The minimum atomic E-state index is -0.555. The fraction of sp³-hybridized carbons (Fsp3) is 0.235. The number of nitro groups is 1. The summed E-state index contributed by atoms with van der Waals surface area (Å²) in [5.41, 5.74) is 3.14. The summed E-state index contributed by atoms with van der Waals surface area (Å²) in [6.45, 7) is 5.84. The molecule has 5 nitrogen and oxygen atoms in total. The highest BCUT2D eigenvalue weighted by Gasteiger charge is 2.18. The zero-order chi connectivity index (χ0) is 17.1. The molecule has 0 unspecified atom stereocenters. The van der Waals surface area contributed by atoms with E-state index in [-0.39, 0.29) is 22.3 Å². The quantitative estimate of drug-likeness (QED) is 0.668. The molecule has 120 valence electrons. The number of nitrogens with one attached hydrogen (secondary N) is 1. The van der Waals surface area contributed by atoms with E-state index in [0.717, 1.165) is 16.7 Å². The first-order valence-corrected chi connectivity index (χ1v) is 7.49. The van der Waals surface area contributed by atoms with Gasteiger partial charge in [-0.05, 0) is 38.0 Å². The van der Waals surface area contributed by atoms with Crippen molar-refractivity contribution in [1.82, 2.24) is 5.32 Å². The lowest BCUT2D eigenvalue weighted by Gasteiger charge is -2.17. The number of carbonyl (C=O) groups excluding carboxylic acids is 1. The van der Waals surface area contributed by atoms with Crippen molar-refractivity contribution in [1.29, 1.82) is 0 Å². The summed E-state index contributed by atoms with van der Waals surface area (Å²) in [6, 6.07) is 9.56. The number of amides is 1. The summed E-state index contributed by atoms with van der Waals surface area (Å²) in [5, 5.41) is 13.9. The van der Waals surface area contributed by atoms with E-state index in [4.69, 9.17) is 11.6 Å². The highest BCUT2D eigenvalue weighted by atomic mass is 35.5. The molecule has 0 bridgehead atoms. The van der Waals surface area contributed by atoms with Crippen molar-refractivity contribution in [2.45, 2.75) is 26.8 Å². The summed E-state index contributed by atoms with van der Waals surface area (Å²) in [5.74, 6) is -0.439. The number of aryl methyl sites for hydroxylation is 2. The zero-order valence-electron chi connectivity index (χ0n) is 13.1. The van der Waals surface area contributed by atoms with E-state index in [2.05, 4.69) is 5.32 Å². The van der Waals surface area contributed by atoms with Gasteiger partial charge in [0, 0.05) is 12.1 Å². The van der Waals surface area contributed by atoms with Gasteiger partial charge in [0.2, 0.25) is 0 Å². The third-order valence-corrected chi connectivity index (χ3v) is 3.97. The summed E-state index contributed by atoms with van der Waals surface area (Å²) < 4.78 is 0. The molecule has 0 fully saturated rings. The maximum absolute atomic E-state index is 12.4. The molecule has 0 aromatic heterocycles. The number of non-ortho nitro benzene ring substituents is 1. The van der Waals surface area contributed by atoms with E-state index in [0.29, 0.717) is 0 Å². The van der Waals surface area contributed by atoms with E-state index in [9.17, 15) is 14.9 Å². The van der Waals surface area contributed by atoms with Crippen LogP contribution in [0, 0.1) is 24.0 Å². The number of hydrogen-bond donors (Lipinski definition) is 1. The third-order valence-electron chi connectivity index (χ3n) is 3.64. The number of hydrogen-bond acceptors (Lipinski definition) is 3. The third kappa shape index (κ3) is 3.87. The van der Waals surface area contributed by atoms with Crippen LogP contribution in [0.2, 0.25) is 5.02 Å². The van der Waals surface area contributed by atoms with Crippen molar-refractivity contribution in [3.8, 4) is 0 Å². The van der Waals surface area contributed by atoms with Gasteiger partial charge in [-0.3, -0.25) is 14.9 Å². The molecule has 0 saturated heterocycles. The first kappa shape index (κ1) is 17.0. The maximum atomic E-state index is 12.4. The predicted molar refractivity (Wildman–Crippen MR) is 89.9 cm³/mol. The van der Waals surface area contributed by atoms with Gasteiger partial charge in [-0.1, -0.05) is 35.4 Å². The second-order valence-electron chi connectivity index (χ2n) is 5.48. The molecule has 0 aliphatic rings. The lowest BCUT2D eigenvalue weighted by atomic mass is 10.00. The average Bonchev–Trinajstić information content (AvgIpc) is 2.46. The van der Waals surface area contributed by atoms with Crippen molar-refractivity contribution in [2.75, 3.05) is 0 Å². The maximum Gasteiger partial charge on any atom is 0.270 e. The number of benzene rings is 2. The normalized spacial score (nSPS) is 11.8. The molecule has 1 N–H and O–H groups in total. The smallest absolute Gasteiger partial charge is 0.270 e. The van der Waals surface area contributed by atoms with Crippen LogP contribution in [-0.2, 0) is 0 Å². The number of nitro benzene ring substituents is 1. The molecule has 0 radical (unpaired) electrons.